The largest absolute Gasteiger partial charge is 0.496 e. The topological polar surface area (TPSA) is 43.6 Å². The van der Waals surface area contributed by atoms with Crippen molar-refractivity contribution in [3.63, 3.8) is 0 Å². The lowest BCUT2D eigenvalue weighted by atomic mass is 9.91. The van der Waals surface area contributed by atoms with E-state index in [1.54, 1.807) is 13.4 Å². The van der Waals surface area contributed by atoms with Gasteiger partial charge in [-0.05, 0) is 49.9 Å². The summed E-state index contributed by atoms with van der Waals surface area (Å²) in [7, 11) is 1.73. The summed E-state index contributed by atoms with van der Waals surface area (Å²) < 4.78 is 17.2. The van der Waals surface area contributed by atoms with Crippen molar-refractivity contribution in [2.24, 2.45) is 5.92 Å². The molecule has 3 rings (SSSR count). The Morgan fingerprint density at radius 1 is 1.19 bits per heavy atom. The van der Waals surface area contributed by atoms with Crippen LogP contribution in [0.4, 0.5) is 0 Å². The molecule has 0 saturated carbocycles. The summed E-state index contributed by atoms with van der Waals surface area (Å²) in [5.74, 6) is 2.67. The van der Waals surface area contributed by atoms with Gasteiger partial charge in [0.1, 0.15) is 11.5 Å². The molecular weight excluding hydrogens is 326 g/mol. The third-order valence-corrected chi connectivity index (χ3v) is 5.33. The minimum absolute atomic E-state index is 0.189. The van der Waals surface area contributed by atoms with E-state index in [1.165, 1.54) is 5.56 Å². The Bertz CT molecular complexity index is 653. The van der Waals surface area contributed by atoms with E-state index >= 15 is 0 Å². The number of hydrogen-bond donors (Lipinski definition) is 1. The predicted molar refractivity (Wildman–Crippen MR) is 104 cm³/mol. The molecule has 1 saturated heterocycles. The number of furan rings is 1. The SMILES string of the molecule is COc1ccccc1[C@H](CCN[C@@H]1CCO[C@@H](C(C)C)C1)c1ccco1. The maximum Gasteiger partial charge on any atom is 0.122 e. The fourth-order valence-electron chi connectivity index (χ4n) is 3.80. The Labute approximate surface area is 156 Å². The number of rotatable bonds is 8. The smallest absolute Gasteiger partial charge is 0.122 e. The van der Waals surface area contributed by atoms with Gasteiger partial charge in [-0.15, -0.1) is 0 Å². The third kappa shape index (κ3) is 4.68. The van der Waals surface area contributed by atoms with E-state index in [2.05, 4.69) is 37.4 Å². The standard InChI is InChI=1S/C22H31NO3/c1-16(2)22-15-17(11-14-26-22)23-12-10-19(21-9-6-13-25-21)18-7-4-5-8-20(18)24-3/h4-9,13,16-17,19,22-23H,10-12,14-15H2,1-3H3/t17-,19+,22-/m1/s1. The van der Waals surface area contributed by atoms with Crippen LogP contribution in [0.15, 0.2) is 47.1 Å². The third-order valence-electron chi connectivity index (χ3n) is 5.33. The molecule has 0 unspecified atom stereocenters. The molecule has 26 heavy (non-hydrogen) atoms. The van der Waals surface area contributed by atoms with Crippen LogP contribution in [-0.2, 0) is 4.74 Å². The van der Waals surface area contributed by atoms with Gasteiger partial charge < -0.3 is 19.2 Å². The van der Waals surface area contributed by atoms with Gasteiger partial charge in [-0.1, -0.05) is 32.0 Å². The van der Waals surface area contributed by atoms with Crippen LogP contribution < -0.4 is 10.1 Å². The first kappa shape index (κ1) is 19.0. The van der Waals surface area contributed by atoms with Crippen LogP contribution in [-0.4, -0.2) is 32.4 Å². The number of methoxy groups -OCH3 is 1. The van der Waals surface area contributed by atoms with Gasteiger partial charge in [0.2, 0.25) is 0 Å². The highest BCUT2D eigenvalue weighted by Crippen LogP contribution is 2.34. The Hall–Kier alpha value is -1.78. The highest BCUT2D eigenvalue weighted by Gasteiger charge is 2.25. The molecule has 0 amide bonds. The Balaban J connectivity index is 1.64. The van der Waals surface area contributed by atoms with Gasteiger partial charge in [0, 0.05) is 24.1 Å². The first-order chi connectivity index (χ1) is 12.7. The summed E-state index contributed by atoms with van der Waals surface area (Å²) in [6.07, 6.45) is 5.27. The van der Waals surface area contributed by atoms with Crippen LogP contribution in [0.3, 0.4) is 0 Å². The van der Waals surface area contributed by atoms with E-state index in [-0.39, 0.29) is 5.92 Å². The van der Waals surface area contributed by atoms with Gasteiger partial charge in [0.05, 0.1) is 19.5 Å². The molecule has 1 aromatic heterocycles. The zero-order valence-electron chi connectivity index (χ0n) is 16.1. The van der Waals surface area contributed by atoms with E-state index in [0.29, 0.717) is 18.1 Å². The summed E-state index contributed by atoms with van der Waals surface area (Å²) >= 11 is 0. The Morgan fingerprint density at radius 2 is 2.04 bits per heavy atom. The molecule has 3 atom stereocenters. The zero-order valence-corrected chi connectivity index (χ0v) is 16.1. The van der Waals surface area contributed by atoms with Gasteiger partial charge >= 0.3 is 0 Å². The summed E-state index contributed by atoms with van der Waals surface area (Å²) in [4.78, 5) is 0. The first-order valence-electron chi connectivity index (χ1n) is 9.70. The summed E-state index contributed by atoms with van der Waals surface area (Å²) in [5, 5.41) is 3.74. The minimum atomic E-state index is 0.189. The van der Waals surface area contributed by atoms with E-state index in [4.69, 9.17) is 13.9 Å². The van der Waals surface area contributed by atoms with Crippen molar-refractivity contribution in [1.82, 2.24) is 5.32 Å². The Kier molecular flexibility index (Phi) is 6.75. The van der Waals surface area contributed by atoms with Gasteiger partial charge in [-0.3, -0.25) is 0 Å². The molecule has 1 aromatic carbocycles. The Morgan fingerprint density at radius 3 is 2.77 bits per heavy atom. The monoisotopic (exact) mass is 357 g/mol. The van der Waals surface area contributed by atoms with E-state index in [1.807, 2.05) is 18.2 Å². The highest BCUT2D eigenvalue weighted by molar-refractivity contribution is 5.39. The molecule has 1 aliphatic heterocycles. The van der Waals surface area contributed by atoms with Gasteiger partial charge in [0.25, 0.3) is 0 Å². The zero-order chi connectivity index (χ0) is 18.4. The van der Waals surface area contributed by atoms with Crippen molar-refractivity contribution in [1.29, 1.82) is 0 Å². The van der Waals surface area contributed by atoms with Crippen molar-refractivity contribution in [3.05, 3.63) is 54.0 Å². The first-order valence-corrected chi connectivity index (χ1v) is 9.70. The van der Waals surface area contributed by atoms with Crippen LogP contribution in [0.25, 0.3) is 0 Å². The second-order valence-electron chi connectivity index (χ2n) is 7.43. The number of para-hydroxylation sites is 1. The number of benzene rings is 1. The van der Waals surface area contributed by atoms with E-state index < -0.39 is 0 Å². The molecule has 1 N–H and O–H groups in total. The summed E-state index contributed by atoms with van der Waals surface area (Å²) in [5.41, 5.74) is 1.18. The quantitative estimate of drug-likeness (QED) is 0.750. The van der Waals surface area contributed by atoms with Crippen LogP contribution >= 0.6 is 0 Å². The van der Waals surface area contributed by atoms with Gasteiger partial charge in [-0.25, -0.2) is 0 Å². The van der Waals surface area contributed by atoms with Crippen LogP contribution in [0.5, 0.6) is 5.75 Å². The molecule has 0 spiro atoms. The lowest BCUT2D eigenvalue weighted by Gasteiger charge is -2.32. The lowest BCUT2D eigenvalue weighted by Crippen LogP contribution is -2.41. The van der Waals surface area contributed by atoms with Crippen LogP contribution in [0.1, 0.15) is 50.4 Å². The van der Waals surface area contributed by atoms with E-state index in [9.17, 15) is 0 Å². The second kappa shape index (κ2) is 9.24. The molecule has 1 fully saturated rings. The van der Waals surface area contributed by atoms with Gasteiger partial charge in [0.15, 0.2) is 0 Å². The average molecular weight is 357 g/mol. The fraction of sp³-hybridized carbons (Fsp3) is 0.545. The van der Waals surface area contributed by atoms with Crippen LogP contribution in [0.2, 0.25) is 0 Å². The normalized spacial score (nSPS) is 21.7. The number of ether oxygens (including phenoxy) is 2. The molecule has 0 bridgehead atoms. The van der Waals surface area contributed by atoms with Crippen LogP contribution in [0, 0.1) is 5.92 Å². The van der Waals surface area contributed by atoms with Crippen molar-refractivity contribution in [2.75, 3.05) is 20.3 Å². The molecule has 4 nitrogen and oxygen atoms in total. The van der Waals surface area contributed by atoms with Crippen molar-refractivity contribution in [2.45, 2.75) is 51.2 Å². The molecule has 4 heteroatoms. The van der Waals surface area contributed by atoms with Crippen molar-refractivity contribution >= 4 is 0 Å². The molecule has 0 aliphatic carbocycles. The lowest BCUT2D eigenvalue weighted by molar-refractivity contribution is -0.0243. The molecule has 2 aromatic rings. The molecule has 0 radical (unpaired) electrons. The molecular formula is C22H31NO3. The molecule has 142 valence electrons. The minimum Gasteiger partial charge on any atom is -0.496 e. The second-order valence-corrected chi connectivity index (χ2v) is 7.43. The van der Waals surface area contributed by atoms with E-state index in [0.717, 1.165) is 43.9 Å². The molecule has 2 heterocycles. The number of nitrogens with one attached hydrogen (secondary N) is 1. The average Bonchev–Trinajstić information content (AvgIpc) is 3.20. The van der Waals surface area contributed by atoms with Gasteiger partial charge in [-0.2, -0.15) is 0 Å². The fourth-order valence-corrected chi connectivity index (χ4v) is 3.80. The highest BCUT2D eigenvalue weighted by atomic mass is 16.5. The summed E-state index contributed by atoms with van der Waals surface area (Å²) in [6.45, 7) is 6.27. The maximum atomic E-state index is 5.88. The maximum absolute atomic E-state index is 5.88. The van der Waals surface area contributed by atoms with Crippen molar-refractivity contribution in [3.8, 4) is 5.75 Å². The number of hydrogen-bond acceptors (Lipinski definition) is 4. The summed E-state index contributed by atoms with van der Waals surface area (Å²) in [6, 6.07) is 12.8. The predicted octanol–water partition coefficient (Wildman–Crippen LogP) is 4.60. The molecule has 1 aliphatic rings. The van der Waals surface area contributed by atoms with Crippen molar-refractivity contribution < 1.29 is 13.9 Å².